The summed E-state index contributed by atoms with van der Waals surface area (Å²) in [5.74, 6) is -0.492. The van der Waals surface area contributed by atoms with E-state index >= 15 is 0 Å². The number of amides is 1. The first kappa shape index (κ1) is 15.8. The Morgan fingerprint density at radius 1 is 1.33 bits per heavy atom. The zero-order valence-corrected chi connectivity index (χ0v) is 13.5. The van der Waals surface area contributed by atoms with Crippen molar-refractivity contribution in [2.45, 2.75) is 6.92 Å². The van der Waals surface area contributed by atoms with Gasteiger partial charge in [0.2, 0.25) is 0 Å². The molecule has 0 fully saturated rings. The summed E-state index contributed by atoms with van der Waals surface area (Å²) in [6.07, 6.45) is 0. The highest BCUT2D eigenvalue weighted by molar-refractivity contribution is 9.10. The van der Waals surface area contributed by atoms with E-state index in [1.165, 1.54) is 18.2 Å². The van der Waals surface area contributed by atoms with Crippen molar-refractivity contribution in [3.8, 4) is 5.75 Å². The highest BCUT2D eigenvalue weighted by Gasteiger charge is 2.12. The van der Waals surface area contributed by atoms with Gasteiger partial charge in [-0.3, -0.25) is 4.79 Å². The molecule has 110 valence electrons. The van der Waals surface area contributed by atoms with E-state index in [4.69, 9.17) is 16.3 Å². The first-order valence-corrected chi connectivity index (χ1v) is 7.37. The van der Waals surface area contributed by atoms with Crippen LogP contribution in [-0.2, 0) is 0 Å². The topological polar surface area (TPSA) is 38.3 Å². The van der Waals surface area contributed by atoms with Crippen molar-refractivity contribution >= 4 is 39.1 Å². The number of nitrogens with one attached hydrogen (secondary N) is 1. The fourth-order valence-electron chi connectivity index (χ4n) is 1.71. The molecule has 0 radical (unpaired) electrons. The Bertz CT molecular complexity index is 679. The fourth-order valence-corrected chi connectivity index (χ4v) is 2.13. The highest BCUT2D eigenvalue weighted by Crippen LogP contribution is 2.27. The molecule has 2 aromatic carbocycles. The van der Waals surface area contributed by atoms with Crippen molar-refractivity contribution in [2.75, 3.05) is 11.9 Å². The predicted octanol–water partition coefficient (Wildman–Crippen LogP) is 4.89. The van der Waals surface area contributed by atoms with Gasteiger partial charge in [0.1, 0.15) is 11.6 Å². The van der Waals surface area contributed by atoms with Gasteiger partial charge in [0.15, 0.2) is 0 Å². The van der Waals surface area contributed by atoms with Crippen molar-refractivity contribution in [1.82, 2.24) is 0 Å². The second-order valence-corrected chi connectivity index (χ2v) is 5.42. The molecule has 0 aliphatic carbocycles. The number of benzene rings is 2. The molecule has 0 aliphatic heterocycles. The molecule has 2 aromatic rings. The van der Waals surface area contributed by atoms with Gasteiger partial charge in [-0.1, -0.05) is 11.6 Å². The number of carbonyl (C=O) groups is 1. The van der Waals surface area contributed by atoms with E-state index in [2.05, 4.69) is 21.2 Å². The Balaban J connectivity index is 2.24. The second kappa shape index (κ2) is 6.91. The van der Waals surface area contributed by atoms with Crippen molar-refractivity contribution in [2.24, 2.45) is 0 Å². The van der Waals surface area contributed by atoms with Gasteiger partial charge < -0.3 is 10.1 Å². The minimum atomic E-state index is -0.428. The molecule has 0 saturated carbocycles. The Hall–Kier alpha value is -1.59. The molecule has 1 N–H and O–H groups in total. The Morgan fingerprint density at radius 3 is 2.76 bits per heavy atom. The Morgan fingerprint density at radius 2 is 2.10 bits per heavy atom. The lowest BCUT2D eigenvalue weighted by atomic mass is 10.2. The van der Waals surface area contributed by atoms with E-state index in [0.29, 0.717) is 27.4 Å². The highest BCUT2D eigenvalue weighted by atomic mass is 79.9. The van der Waals surface area contributed by atoms with Crippen LogP contribution in [0.15, 0.2) is 40.9 Å². The van der Waals surface area contributed by atoms with Crippen molar-refractivity contribution < 1.29 is 13.9 Å². The maximum absolute atomic E-state index is 13.2. The van der Waals surface area contributed by atoms with Gasteiger partial charge in [0.25, 0.3) is 5.91 Å². The van der Waals surface area contributed by atoms with E-state index < -0.39 is 5.82 Å². The zero-order chi connectivity index (χ0) is 15.4. The molecule has 0 atom stereocenters. The third-order valence-corrected chi connectivity index (χ3v) is 3.91. The number of carbonyl (C=O) groups excluding carboxylic acids is 1. The van der Waals surface area contributed by atoms with Gasteiger partial charge in [-0.15, -0.1) is 0 Å². The molecule has 6 heteroatoms. The average molecular weight is 373 g/mol. The number of hydrogen-bond donors (Lipinski definition) is 1. The van der Waals surface area contributed by atoms with E-state index in [9.17, 15) is 9.18 Å². The van der Waals surface area contributed by atoms with Crippen LogP contribution in [0.2, 0.25) is 5.02 Å². The van der Waals surface area contributed by atoms with Gasteiger partial charge in [-0.05, 0) is 53.2 Å². The van der Waals surface area contributed by atoms with Gasteiger partial charge in [0.05, 0.1) is 17.3 Å². The minimum Gasteiger partial charge on any atom is -0.492 e. The van der Waals surface area contributed by atoms with E-state index in [1.807, 2.05) is 0 Å². The molecule has 0 saturated heterocycles. The molecule has 0 aliphatic rings. The van der Waals surface area contributed by atoms with Gasteiger partial charge in [-0.25, -0.2) is 4.39 Å². The van der Waals surface area contributed by atoms with Crippen LogP contribution < -0.4 is 10.1 Å². The standard InChI is InChI=1S/C15H12BrClFNO2/c1-2-21-14-8-10(18)4-6-13(14)19-15(20)9-3-5-11(16)12(17)7-9/h3-8H,2H2,1H3,(H,19,20). The second-order valence-electron chi connectivity index (χ2n) is 4.16. The van der Waals surface area contributed by atoms with Crippen LogP contribution in [0.5, 0.6) is 5.75 Å². The van der Waals surface area contributed by atoms with Crippen LogP contribution >= 0.6 is 27.5 Å². The quantitative estimate of drug-likeness (QED) is 0.829. The predicted molar refractivity (Wildman–Crippen MR) is 84.7 cm³/mol. The summed E-state index contributed by atoms with van der Waals surface area (Å²) in [4.78, 5) is 12.2. The number of rotatable bonds is 4. The molecule has 21 heavy (non-hydrogen) atoms. The zero-order valence-electron chi connectivity index (χ0n) is 11.1. The van der Waals surface area contributed by atoms with Crippen LogP contribution in [0.3, 0.4) is 0 Å². The van der Waals surface area contributed by atoms with Gasteiger partial charge >= 0.3 is 0 Å². The van der Waals surface area contributed by atoms with Crippen molar-refractivity contribution in [1.29, 1.82) is 0 Å². The van der Waals surface area contributed by atoms with Crippen LogP contribution in [-0.4, -0.2) is 12.5 Å². The first-order valence-electron chi connectivity index (χ1n) is 6.20. The van der Waals surface area contributed by atoms with Crippen molar-refractivity contribution in [3.05, 3.63) is 57.3 Å². The average Bonchev–Trinajstić information content (AvgIpc) is 2.45. The summed E-state index contributed by atoms with van der Waals surface area (Å²) in [5, 5.41) is 3.12. The smallest absolute Gasteiger partial charge is 0.255 e. The van der Waals surface area contributed by atoms with Crippen LogP contribution in [0.4, 0.5) is 10.1 Å². The lowest BCUT2D eigenvalue weighted by Crippen LogP contribution is -2.13. The first-order chi connectivity index (χ1) is 10.0. The summed E-state index contributed by atoms with van der Waals surface area (Å²) in [6.45, 7) is 2.15. The summed E-state index contributed by atoms with van der Waals surface area (Å²) in [5.41, 5.74) is 0.803. The number of halogens is 3. The molecule has 1 amide bonds. The lowest BCUT2D eigenvalue weighted by Gasteiger charge is -2.12. The number of ether oxygens (including phenoxy) is 1. The molecule has 3 nitrogen and oxygen atoms in total. The van der Waals surface area contributed by atoms with Gasteiger partial charge in [-0.2, -0.15) is 0 Å². The third kappa shape index (κ3) is 3.95. The molecule has 0 unspecified atom stereocenters. The van der Waals surface area contributed by atoms with Crippen LogP contribution in [0.25, 0.3) is 0 Å². The summed E-state index contributed by atoms with van der Waals surface area (Å²) >= 11 is 9.22. The molecule has 0 spiro atoms. The van der Waals surface area contributed by atoms with Crippen LogP contribution in [0, 0.1) is 5.82 Å². The normalized spacial score (nSPS) is 10.3. The Labute approximate surface area is 135 Å². The SMILES string of the molecule is CCOc1cc(F)ccc1NC(=O)c1ccc(Br)c(Cl)c1. The largest absolute Gasteiger partial charge is 0.492 e. The van der Waals surface area contributed by atoms with E-state index in [0.717, 1.165) is 0 Å². The molecule has 0 aromatic heterocycles. The maximum Gasteiger partial charge on any atom is 0.255 e. The fraction of sp³-hybridized carbons (Fsp3) is 0.133. The number of hydrogen-bond acceptors (Lipinski definition) is 2. The Kier molecular flexibility index (Phi) is 5.20. The molecule has 0 bridgehead atoms. The van der Waals surface area contributed by atoms with E-state index in [1.54, 1.807) is 25.1 Å². The molecular weight excluding hydrogens is 361 g/mol. The third-order valence-electron chi connectivity index (χ3n) is 2.67. The molecule has 2 rings (SSSR count). The summed E-state index contributed by atoms with van der Waals surface area (Å²) < 4.78 is 19.2. The summed E-state index contributed by atoms with van der Waals surface area (Å²) in [7, 11) is 0. The lowest BCUT2D eigenvalue weighted by molar-refractivity contribution is 0.102. The monoisotopic (exact) mass is 371 g/mol. The van der Waals surface area contributed by atoms with Crippen molar-refractivity contribution in [3.63, 3.8) is 0 Å². The number of anilines is 1. The van der Waals surface area contributed by atoms with Gasteiger partial charge in [0, 0.05) is 16.1 Å². The summed E-state index contributed by atoms with van der Waals surface area (Å²) in [6, 6.07) is 8.81. The van der Waals surface area contributed by atoms with E-state index in [-0.39, 0.29) is 11.7 Å². The van der Waals surface area contributed by atoms with Crippen LogP contribution in [0.1, 0.15) is 17.3 Å². The minimum absolute atomic E-state index is 0.286. The molecular formula is C15H12BrClFNO2. The molecule has 0 heterocycles. The maximum atomic E-state index is 13.2.